The van der Waals surface area contributed by atoms with Gasteiger partial charge < -0.3 is 0 Å². The van der Waals surface area contributed by atoms with Gasteiger partial charge in [-0.3, -0.25) is 0 Å². The summed E-state index contributed by atoms with van der Waals surface area (Å²) in [4.78, 5) is -2.69. The van der Waals surface area contributed by atoms with Crippen LogP contribution in [-0.2, 0) is 0 Å². The van der Waals surface area contributed by atoms with Gasteiger partial charge in [-0.2, -0.15) is 0 Å². The Bertz CT molecular complexity index is 755. The fourth-order valence-corrected chi connectivity index (χ4v) is 5.45. The predicted octanol–water partition coefficient (Wildman–Crippen LogP) is 10.3. The molecule has 0 aromatic heterocycles. The molecule has 14 heteroatoms. The van der Waals surface area contributed by atoms with Crippen molar-refractivity contribution in [2.45, 2.75) is 19.6 Å². The van der Waals surface area contributed by atoms with E-state index in [2.05, 4.69) is 21.4 Å². The van der Waals surface area contributed by atoms with Crippen molar-refractivity contribution < 1.29 is 31.1 Å². The van der Waals surface area contributed by atoms with Crippen LogP contribution in [0, 0.1) is 0 Å². The maximum atomic E-state index is 13.0. The number of hydrogen-bond donors (Lipinski definition) is 0. The van der Waals surface area contributed by atoms with E-state index in [0.29, 0.717) is 24.3 Å². The molecule has 0 atom stereocenters. The fourth-order valence-electron chi connectivity index (χ4n) is 1.60. The standard InChI is InChI=1S/C12H8Cl2F8S4/c13-25(15,16,17,18)11-5-1-9(2-6-11)23-24-10-3-7-12(8-4-10)26(14,19,20,21)22/h1-8H. The Morgan fingerprint density at radius 1 is 0.500 bits per heavy atom. The van der Waals surface area contributed by atoms with Crippen LogP contribution in [0.5, 0.6) is 0 Å². The molecule has 0 nitrogen and oxygen atoms in total. The first-order valence-corrected chi connectivity index (χ1v) is 14.1. The Kier molecular flexibility index (Phi) is 4.48. The van der Waals surface area contributed by atoms with Crippen LogP contribution in [0.15, 0.2) is 68.1 Å². The lowest BCUT2D eigenvalue weighted by atomic mass is 10.4. The molecular formula is C12H8Cl2F8S4. The molecule has 0 radical (unpaired) electrons. The molecule has 26 heavy (non-hydrogen) atoms. The number of rotatable bonds is 5. The average Bonchev–Trinajstić information content (AvgIpc) is 2.41. The molecule has 0 aliphatic rings. The number of hydrogen-bond acceptors (Lipinski definition) is 2. The van der Waals surface area contributed by atoms with Crippen molar-refractivity contribution in [1.82, 2.24) is 0 Å². The van der Waals surface area contributed by atoms with Crippen LogP contribution in [0.1, 0.15) is 0 Å². The zero-order valence-electron chi connectivity index (χ0n) is 12.0. The van der Waals surface area contributed by atoms with E-state index in [1.165, 1.54) is 0 Å². The minimum absolute atomic E-state index is 0.265. The van der Waals surface area contributed by atoms with Crippen molar-refractivity contribution >= 4 is 61.1 Å². The van der Waals surface area contributed by atoms with Crippen molar-refractivity contribution in [3.05, 3.63) is 48.5 Å². The summed E-state index contributed by atoms with van der Waals surface area (Å²) in [6, 6.07) is 5.75. The Balaban J connectivity index is 2.11. The molecular weight excluding hydrogens is 495 g/mol. The van der Waals surface area contributed by atoms with Crippen molar-refractivity contribution in [1.29, 1.82) is 0 Å². The Labute approximate surface area is 159 Å². The maximum Gasteiger partial charge on any atom is 0.253 e. The van der Waals surface area contributed by atoms with Crippen molar-refractivity contribution in [2.75, 3.05) is 0 Å². The minimum atomic E-state index is -8.78. The lowest BCUT2D eigenvalue weighted by molar-refractivity contribution is 0.477. The summed E-state index contributed by atoms with van der Waals surface area (Å²) >= 11 is 0. The van der Waals surface area contributed by atoms with E-state index in [1.807, 2.05) is 0 Å². The largest absolute Gasteiger partial charge is 0.253 e. The summed E-state index contributed by atoms with van der Waals surface area (Å²) in [6.45, 7) is 0. The molecule has 150 valence electrons. The molecule has 0 fully saturated rings. The second kappa shape index (κ2) is 5.26. The molecule has 2 rings (SSSR count). The van der Waals surface area contributed by atoms with E-state index in [4.69, 9.17) is 0 Å². The lowest BCUT2D eigenvalue weighted by Crippen LogP contribution is -2.04. The first kappa shape index (κ1) is 22.2. The Hall–Kier alpha value is -0.140. The van der Waals surface area contributed by atoms with Crippen LogP contribution in [-0.4, -0.2) is 0 Å². The van der Waals surface area contributed by atoms with E-state index < -0.39 is 27.9 Å². The molecule has 0 saturated carbocycles. The van der Waals surface area contributed by atoms with Gasteiger partial charge >= 0.3 is 0 Å². The van der Waals surface area contributed by atoms with Gasteiger partial charge in [0.25, 0.3) is 18.1 Å². The van der Waals surface area contributed by atoms with Crippen LogP contribution in [0.3, 0.4) is 0 Å². The average molecular weight is 503 g/mol. The summed E-state index contributed by atoms with van der Waals surface area (Å²) < 4.78 is 104. The molecule has 0 bridgehead atoms. The highest BCUT2D eigenvalue weighted by molar-refractivity contribution is 8.76. The van der Waals surface area contributed by atoms with Gasteiger partial charge in [-0.1, -0.05) is 21.6 Å². The molecule has 0 saturated heterocycles. The smallest absolute Gasteiger partial charge is 0.107 e. The molecule has 0 heterocycles. The predicted molar refractivity (Wildman–Crippen MR) is 96.9 cm³/mol. The highest BCUT2D eigenvalue weighted by Gasteiger charge is 2.63. The van der Waals surface area contributed by atoms with Crippen LogP contribution in [0.2, 0.25) is 0 Å². The third-order valence-corrected chi connectivity index (χ3v) is 8.58. The highest BCUT2D eigenvalue weighted by Crippen LogP contribution is 3.05. The second-order valence-electron chi connectivity index (χ2n) is 5.05. The molecule has 2 aromatic rings. The van der Waals surface area contributed by atoms with E-state index in [0.717, 1.165) is 45.9 Å². The summed E-state index contributed by atoms with van der Waals surface area (Å²) in [6.07, 6.45) is 0. The summed E-state index contributed by atoms with van der Waals surface area (Å²) in [5, 5.41) is 0. The molecule has 0 amide bonds. The van der Waals surface area contributed by atoms with Crippen LogP contribution >= 0.6 is 61.1 Å². The second-order valence-corrected chi connectivity index (χ2v) is 15.9. The van der Waals surface area contributed by atoms with Crippen molar-refractivity contribution in [3.8, 4) is 0 Å². The number of benzene rings is 2. The zero-order chi connectivity index (χ0) is 20.2. The van der Waals surface area contributed by atoms with Gasteiger partial charge in [0.2, 0.25) is 0 Å². The molecule has 0 aliphatic carbocycles. The maximum absolute atomic E-state index is 13.0. The highest BCUT2D eigenvalue weighted by atomic mass is 35.7. The fraction of sp³-hybridized carbons (Fsp3) is 0. The zero-order valence-corrected chi connectivity index (χ0v) is 16.8. The van der Waals surface area contributed by atoms with E-state index in [-0.39, 0.29) is 9.79 Å². The van der Waals surface area contributed by atoms with E-state index >= 15 is 0 Å². The van der Waals surface area contributed by atoms with E-state index in [1.54, 1.807) is 0 Å². The van der Waals surface area contributed by atoms with Gasteiger partial charge in [0.1, 0.15) is 0 Å². The summed E-state index contributed by atoms with van der Waals surface area (Å²) in [7, 11) is -7.41. The van der Waals surface area contributed by atoms with Crippen LogP contribution < -0.4 is 0 Å². The van der Waals surface area contributed by atoms with E-state index in [9.17, 15) is 31.1 Å². The van der Waals surface area contributed by atoms with Crippen molar-refractivity contribution in [2.24, 2.45) is 0 Å². The topological polar surface area (TPSA) is 0 Å². The third kappa shape index (κ3) is 6.20. The normalized spacial score (nSPS) is 18.4. The van der Waals surface area contributed by atoms with Crippen LogP contribution in [0.25, 0.3) is 0 Å². The Morgan fingerprint density at radius 2 is 0.731 bits per heavy atom. The molecule has 2 aromatic carbocycles. The van der Waals surface area contributed by atoms with Gasteiger partial charge in [-0.05, 0) is 48.5 Å². The number of halogens is 10. The molecule has 0 aliphatic heterocycles. The van der Waals surface area contributed by atoms with Gasteiger partial charge in [0.05, 0.1) is 9.79 Å². The molecule has 0 N–H and O–H groups in total. The van der Waals surface area contributed by atoms with Crippen LogP contribution in [0.4, 0.5) is 31.1 Å². The van der Waals surface area contributed by atoms with Gasteiger partial charge in [-0.25, -0.2) is 0 Å². The first-order valence-electron chi connectivity index (χ1n) is 6.17. The summed E-state index contributed by atoms with van der Waals surface area (Å²) in [5.41, 5.74) is 0. The molecule has 0 spiro atoms. The Morgan fingerprint density at radius 3 is 0.923 bits per heavy atom. The van der Waals surface area contributed by atoms with Gasteiger partial charge in [0, 0.05) is 31.2 Å². The summed E-state index contributed by atoms with van der Waals surface area (Å²) in [5.74, 6) is 0. The van der Waals surface area contributed by atoms with Gasteiger partial charge in [0.15, 0.2) is 0 Å². The van der Waals surface area contributed by atoms with Gasteiger partial charge in [-0.15, -0.1) is 31.1 Å². The minimum Gasteiger partial charge on any atom is -0.107 e. The monoisotopic (exact) mass is 502 g/mol. The molecule has 0 unspecified atom stereocenters. The first-order chi connectivity index (χ1) is 11.1. The SMILES string of the molecule is FS(F)(F)(F)(Cl)c1ccc(SSc2ccc(S(F)(F)(F)(F)Cl)cc2)cc1. The van der Waals surface area contributed by atoms with Crippen molar-refractivity contribution in [3.63, 3.8) is 0 Å². The third-order valence-electron chi connectivity index (χ3n) is 2.77. The quantitative estimate of drug-likeness (QED) is 0.294. The lowest BCUT2D eigenvalue weighted by Gasteiger charge is -2.42.